The molecule has 0 aliphatic heterocycles. The van der Waals surface area contributed by atoms with E-state index in [0.717, 1.165) is 15.5 Å². The molecular weight excluding hydrogens is 391 g/mol. The van der Waals surface area contributed by atoms with Gasteiger partial charge >= 0.3 is 0 Å². The Morgan fingerprint density at radius 3 is 2.47 bits per heavy atom. The van der Waals surface area contributed by atoms with E-state index in [9.17, 15) is 0 Å². The molecule has 0 saturated heterocycles. The highest BCUT2D eigenvalue weighted by atomic mass is 79.9. The fourth-order valence-electron chi connectivity index (χ4n) is 2.61. The predicted molar refractivity (Wildman–Crippen MR) is 92.3 cm³/mol. The Balaban J connectivity index is 0.00000180. The second-order valence-corrected chi connectivity index (χ2v) is 6.66. The Hall–Kier alpha value is 0.230. The summed E-state index contributed by atoms with van der Waals surface area (Å²) in [5.41, 5.74) is 2.49. The zero-order valence-corrected chi connectivity index (χ0v) is 15.1. The minimum absolute atomic E-state index is 0. The molecule has 108 valence electrons. The van der Waals surface area contributed by atoms with Crippen molar-refractivity contribution in [3.05, 3.63) is 26.6 Å². The van der Waals surface area contributed by atoms with E-state index in [-0.39, 0.29) is 12.4 Å². The lowest BCUT2D eigenvalue weighted by molar-refractivity contribution is 0.372. The van der Waals surface area contributed by atoms with Gasteiger partial charge in [-0.3, -0.25) is 0 Å². The van der Waals surface area contributed by atoms with Crippen LogP contribution in [0.4, 0.5) is 5.69 Å². The molecule has 2 nitrogen and oxygen atoms in total. The first-order valence-corrected chi connectivity index (χ1v) is 8.18. The molecule has 5 heteroatoms. The third-order valence-corrected chi connectivity index (χ3v) is 4.66. The number of nitrogens with one attached hydrogen (secondary N) is 2. The first-order chi connectivity index (χ1) is 8.70. The van der Waals surface area contributed by atoms with E-state index in [4.69, 9.17) is 0 Å². The maximum Gasteiger partial charge on any atom is 0.0528 e. The second kappa shape index (κ2) is 8.50. The maximum atomic E-state index is 3.69. The smallest absolute Gasteiger partial charge is 0.0528 e. The van der Waals surface area contributed by atoms with Gasteiger partial charge in [-0.15, -0.1) is 12.4 Å². The van der Waals surface area contributed by atoms with Crippen molar-refractivity contribution in [2.24, 2.45) is 0 Å². The maximum absolute atomic E-state index is 3.69. The number of hydrogen-bond acceptors (Lipinski definition) is 2. The average Bonchev–Trinajstić information content (AvgIpc) is 2.37. The van der Waals surface area contributed by atoms with Crippen LogP contribution in [0, 0.1) is 0 Å². The third-order valence-electron chi connectivity index (χ3n) is 3.57. The van der Waals surface area contributed by atoms with Crippen molar-refractivity contribution in [1.29, 1.82) is 0 Å². The van der Waals surface area contributed by atoms with Crippen molar-refractivity contribution in [2.75, 3.05) is 12.4 Å². The zero-order valence-electron chi connectivity index (χ0n) is 11.1. The van der Waals surface area contributed by atoms with Gasteiger partial charge < -0.3 is 10.6 Å². The van der Waals surface area contributed by atoms with Gasteiger partial charge in [-0.1, -0.05) is 35.2 Å². The molecule has 0 bridgehead atoms. The van der Waals surface area contributed by atoms with Crippen LogP contribution in [0.1, 0.15) is 37.7 Å². The lowest BCUT2D eigenvalue weighted by atomic mass is 9.95. The van der Waals surface area contributed by atoms with Gasteiger partial charge in [0.2, 0.25) is 0 Å². The number of rotatable bonds is 4. The van der Waals surface area contributed by atoms with Gasteiger partial charge in [-0.25, -0.2) is 0 Å². The predicted octanol–water partition coefficient (Wildman–Crippen LogP) is 5.10. The lowest BCUT2D eigenvalue weighted by Gasteiger charge is -2.23. The summed E-state index contributed by atoms with van der Waals surface area (Å²) in [5.74, 6) is 0. The van der Waals surface area contributed by atoms with E-state index >= 15 is 0 Å². The molecule has 1 aromatic carbocycles. The van der Waals surface area contributed by atoms with Crippen LogP contribution in [0.3, 0.4) is 0 Å². The summed E-state index contributed by atoms with van der Waals surface area (Å²) in [6.07, 6.45) is 6.80. The molecule has 19 heavy (non-hydrogen) atoms. The molecule has 0 heterocycles. The first-order valence-electron chi connectivity index (χ1n) is 6.59. The molecule has 1 aromatic rings. The molecule has 1 aliphatic carbocycles. The van der Waals surface area contributed by atoms with E-state index in [1.165, 1.54) is 43.4 Å². The summed E-state index contributed by atoms with van der Waals surface area (Å²) in [4.78, 5) is 0. The Morgan fingerprint density at radius 1 is 1.16 bits per heavy atom. The normalized spacial score (nSPS) is 15.9. The molecule has 2 rings (SSSR count). The van der Waals surface area contributed by atoms with Crippen molar-refractivity contribution in [3.8, 4) is 0 Å². The third kappa shape index (κ3) is 4.92. The van der Waals surface area contributed by atoms with Crippen molar-refractivity contribution in [1.82, 2.24) is 5.32 Å². The first kappa shape index (κ1) is 17.3. The molecule has 1 saturated carbocycles. The van der Waals surface area contributed by atoms with E-state index in [0.29, 0.717) is 6.04 Å². The number of hydrogen-bond donors (Lipinski definition) is 2. The molecule has 1 aliphatic rings. The average molecular weight is 413 g/mol. The summed E-state index contributed by atoms with van der Waals surface area (Å²) < 4.78 is 2.23. The van der Waals surface area contributed by atoms with Crippen LogP contribution in [0.5, 0.6) is 0 Å². The number of anilines is 1. The van der Waals surface area contributed by atoms with Gasteiger partial charge in [0.05, 0.1) is 5.69 Å². The molecule has 0 aromatic heterocycles. The summed E-state index contributed by atoms with van der Waals surface area (Å²) in [5, 5.41) is 6.96. The van der Waals surface area contributed by atoms with Gasteiger partial charge in [0.1, 0.15) is 0 Å². The summed E-state index contributed by atoms with van der Waals surface area (Å²) in [6.45, 7) is 0.929. The van der Waals surface area contributed by atoms with Crippen LogP contribution in [-0.2, 0) is 6.54 Å². The second-order valence-electron chi connectivity index (χ2n) is 4.89. The number of halogens is 3. The molecule has 0 atom stereocenters. The zero-order chi connectivity index (χ0) is 13.0. The van der Waals surface area contributed by atoms with Gasteiger partial charge in [0.15, 0.2) is 0 Å². The van der Waals surface area contributed by atoms with Gasteiger partial charge in [-0.05, 0) is 46.5 Å². The molecular formula is C14H21Br2ClN2. The molecule has 0 unspecified atom stereocenters. The molecule has 0 radical (unpaired) electrons. The standard InChI is InChI=1S/C14H20Br2N2.ClH/c1-17-14-10(7-11(15)8-13(14)16)9-18-12-5-3-2-4-6-12;/h7-8,12,17-18H,2-6,9H2,1H3;1H. The van der Waals surface area contributed by atoms with Crippen LogP contribution in [0.2, 0.25) is 0 Å². The molecule has 0 spiro atoms. The highest BCUT2D eigenvalue weighted by Gasteiger charge is 2.14. The van der Waals surface area contributed by atoms with Crippen LogP contribution in [-0.4, -0.2) is 13.1 Å². The van der Waals surface area contributed by atoms with Crippen molar-refractivity contribution in [3.63, 3.8) is 0 Å². The van der Waals surface area contributed by atoms with Crippen LogP contribution in [0.15, 0.2) is 21.1 Å². The quantitative estimate of drug-likeness (QED) is 0.719. The molecule has 2 N–H and O–H groups in total. The molecule has 1 fully saturated rings. The Kier molecular flexibility index (Phi) is 7.73. The highest BCUT2D eigenvalue weighted by Crippen LogP contribution is 2.30. The van der Waals surface area contributed by atoms with Gasteiger partial charge in [0.25, 0.3) is 0 Å². The van der Waals surface area contributed by atoms with Crippen LogP contribution in [0.25, 0.3) is 0 Å². The van der Waals surface area contributed by atoms with E-state index in [1.807, 2.05) is 7.05 Å². The lowest BCUT2D eigenvalue weighted by Crippen LogP contribution is -2.30. The van der Waals surface area contributed by atoms with Crippen molar-refractivity contribution < 1.29 is 0 Å². The number of benzene rings is 1. The Bertz CT molecular complexity index is 407. The van der Waals surface area contributed by atoms with Gasteiger partial charge in [-0.2, -0.15) is 0 Å². The van der Waals surface area contributed by atoms with E-state index in [1.54, 1.807) is 0 Å². The minimum atomic E-state index is 0. The van der Waals surface area contributed by atoms with Crippen LogP contribution >= 0.6 is 44.3 Å². The van der Waals surface area contributed by atoms with Crippen LogP contribution < -0.4 is 10.6 Å². The van der Waals surface area contributed by atoms with Gasteiger partial charge in [0, 0.05) is 28.6 Å². The minimum Gasteiger partial charge on any atom is -0.387 e. The SMILES string of the molecule is CNc1c(Br)cc(Br)cc1CNC1CCCCC1.Cl. The Morgan fingerprint density at radius 2 is 1.84 bits per heavy atom. The molecule has 0 amide bonds. The van der Waals surface area contributed by atoms with Crippen molar-refractivity contribution in [2.45, 2.75) is 44.7 Å². The summed E-state index contributed by atoms with van der Waals surface area (Å²) in [6, 6.07) is 4.96. The Labute approximate surface area is 138 Å². The topological polar surface area (TPSA) is 24.1 Å². The fraction of sp³-hybridized carbons (Fsp3) is 0.571. The summed E-state index contributed by atoms with van der Waals surface area (Å²) >= 11 is 7.16. The van der Waals surface area contributed by atoms with E-state index in [2.05, 4.69) is 54.6 Å². The van der Waals surface area contributed by atoms with E-state index < -0.39 is 0 Å². The largest absolute Gasteiger partial charge is 0.387 e. The summed E-state index contributed by atoms with van der Waals surface area (Å²) in [7, 11) is 1.97. The van der Waals surface area contributed by atoms with Crippen molar-refractivity contribution >= 4 is 50.0 Å². The highest BCUT2D eigenvalue weighted by molar-refractivity contribution is 9.11. The fourth-order valence-corrected chi connectivity index (χ4v) is 4.12. The monoisotopic (exact) mass is 410 g/mol.